The van der Waals surface area contributed by atoms with Gasteiger partial charge in [0.25, 0.3) is 0 Å². The molecule has 2 aromatic heterocycles. The molecule has 47 heavy (non-hydrogen) atoms. The number of carbonyl (C=O) groups excluding carboxylic acids is 1. The first-order valence-corrected chi connectivity index (χ1v) is 16.2. The number of furan rings is 1. The number of ketones is 1. The van der Waals surface area contributed by atoms with Crippen LogP contribution in [0.25, 0.3) is 54.7 Å². The minimum Gasteiger partial charge on any atom is -0.512 e. The zero-order valence-corrected chi connectivity index (χ0v) is 31.3. The van der Waals surface area contributed by atoms with Crippen molar-refractivity contribution in [2.24, 2.45) is 0 Å². The summed E-state index contributed by atoms with van der Waals surface area (Å²) in [6, 6.07) is 25.9. The molecule has 0 spiro atoms. The molecular formula is C42H44IrNO3-. The maximum absolute atomic E-state index is 10.0. The van der Waals surface area contributed by atoms with E-state index in [2.05, 4.69) is 115 Å². The zero-order valence-electron chi connectivity index (χ0n) is 28.9. The van der Waals surface area contributed by atoms with Gasteiger partial charge in [0.05, 0.1) is 5.76 Å². The summed E-state index contributed by atoms with van der Waals surface area (Å²) in [6.45, 7) is 19.2. The number of nitrogens with zero attached hydrogens (tertiary/aromatic N) is 1. The summed E-state index contributed by atoms with van der Waals surface area (Å²) in [5.41, 5.74) is 8.43. The van der Waals surface area contributed by atoms with Crippen LogP contribution in [0.2, 0.25) is 0 Å². The molecule has 0 saturated heterocycles. The van der Waals surface area contributed by atoms with Crippen molar-refractivity contribution in [3.63, 3.8) is 0 Å². The SMILES string of the molecule is CC(=O)/C=C(/C)O.CC(C)(C)c1cc(-c2nccc3cc4oc5cc6c(cc5c4cc23)C(C)(C)CCC6(C)C)[c-]c2ccccc12.[Ir]. The van der Waals surface area contributed by atoms with E-state index >= 15 is 0 Å². The van der Waals surface area contributed by atoms with Crippen LogP contribution in [-0.4, -0.2) is 15.9 Å². The molecule has 1 radical (unpaired) electrons. The molecule has 0 fully saturated rings. The van der Waals surface area contributed by atoms with Crippen molar-refractivity contribution in [3.05, 3.63) is 101 Å². The van der Waals surface area contributed by atoms with Crippen LogP contribution in [0.5, 0.6) is 0 Å². The van der Waals surface area contributed by atoms with E-state index in [0.717, 1.165) is 44.0 Å². The zero-order chi connectivity index (χ0) is 33.2. The molecule has 0 saturated carbocycles. The van der Waals surface area contributed by atoms with Crippen LogP contribution in [0.4, 0.5) is 0 Å². The van der Waals surface area contributed by atoms with Crippen molar-refractivity contribution >= 4 is 49.3 Å². The number of hydrogen-bond acceptors (Lipinski definition) is 4. The second-order valence-electron chi connectivity index (χ2n) is 15.3. The maximum Gasteiger partial charge on any atom is 0.155 e. The predicted molar refractivity (Wildman–Crippen MR) is 192 cm³/mol. The van der Waals surface area contributed by atoms with E-state index < -0.39 is 0 Å². The molecule has 0 unspecified atom stereocenters. The molecule has 0 aliphatic heterocycles. The number of carbonyl (C=O) groups is 1. The number of hydrogen-bond donors (Lipinski definition) is 1. The van der Waals surface area contributed by atoms with E-state index in [0.29, 0.717) is 0 Å². The summed E-state index contributed by atoms with van der Waals surface area (Å²) in [4.78, 5) is 14.9. The fourth-order valence-corrected chi connectivity index (χ4v) is 6.99. The van der Waals surface area contributed by atoms with Gasteiger partial charge in [-0.05, 0) is 95.2 Å². The second kappa shape index (κ2) is 12.3. The Bertz CT molecular complexity index is 2190. The van der Waals surface area contributed by atoms with Crippen LogP contribution in [-0.2, 0) is 41.1 Å². The first kappa shape index (κ1) is 34.5. The van der Waals surface area contributed by atoms with Gasteiger partial charge in [0.15, 0.2) is 5.78 Å². The van der Waals surface area contributed by atoms with Gasteiger partial charge in [-0.2, -0.15) is 0 Å². The molecule has 1 aliphatic rings. The Morgan fingerprint density at radius 3 is 2.09 bits per heavy atom. The Balaban J connectivity index is 0.000000491. The summed E-state index contributed by atoms with van der Waals surface area (Å²) >= 11 is 0. The molecule has 7 rings (SSSR count). The van der Waals surface area contributed by atoms with Crippen LogP contribution >= 0.6 is 0 Å². The molecule has 1 aliphatic carbocycles. The third-order valence-electron chi connectivity index (χ3n) is 9.58. The number of fused-ring (bicyclic) bond motifs is 6. The molecule has 0 amide bonds. The topological polar surface area (TPSA) is 63.3 Å². The number of aliphatic hydroxyl groups excluding tert-OH is 1. The number of benzene rings is 4. The quantitative estimate of drug-likeness (QED) is 0.108. The Morgan fingerprint density at radius 1 is 0.851 bits per heavy atom. The van der Waals surface area contributed by atoms with Gasteiger partial charge in [0.2, 0.25) is 0 Å². The van der Waals surface area contributed by atoms with Crippen molar-refractivity contribution in [1.29, 1.82) is 0 Å². The largest absolute Gasteiger partial charge is 0.512 e. The van der Waals surface area contributed by atoms with Crippen molar-refractivity contribution in [2.45, 2.75) is 91.4 Å². The Kier molecular flexibility index (Phi) is 9.07. The van der Waals surface area contributed by atoms with Crippen molar-refractivity contribution < 1.29 is 34.4 Å². The van der Waals surface area contributed by atoms with E-state index in [1.807, 2.05) is 6.20 Å². The molecule has 2 heterocycles. The summed E-state index contributed by atoms with van der Waals surface area (Å²) < 4.78 is 6.53. The van der Waals surface area contributed by atoms with Crippen molar-refractivity contribution in [1.82, 2.24) is 4.98 Å². The first-order chi connectivity index (χ1) is 21.5. The Morgan fingerprint density at radius 2 is 1.47 bits per heavy atom. The molecule has 0 bridgehead atoms. The smallest absolute Gasteiger partial charge is 0.155 e. The molecule has 0 atom stereocenters. The Labute approximate surface area is 291 Å². The van der Waals surface area contributed by atoms with Gasteiger partial charge in [0.1, 0.15) is 11.2 Å². The summed E-state index contributed by atoms with van der Waals surface area (Å²) in [5, 5.41) is 15.4. The van der Waals surface area contributed by atoms with Crippen LogP contribution in [0.3, 0.4) is 0 Å². The average molecular weight is 803 g/mol. The van der Waals surface area contributed by atoms with Gasteiger partial charge in [-0.3, -0.25) is 9.78 Å². The fraction of sp³-hybridized carbons (Fsp3) is 0.333. The van der Waals surface area contributed by atoms with Crippen LogP contribution in [0, 0.1) is 6.07 Å². The Hall–Kier alpha value is -3.79. The van der Waals surface area contributed by atoms with E-state index in [-0.39, 0.29) is 47.9 Å². The van der Waals surface area contributed by atoms with E-state index in [1.165, 1.54) is 60.2 Å². The van der Waals surface area contributed by atoms with Gasteiger partial charge >= 0.3 is 0 Å². The molecule has 1 N–H and O–H groups in total. The first-order valence-electron chi connectivity index (χ1n) is 16.2. The number of allylic oxidation sites excluding steroid dienone is 2. The van der Waals surface area contributed by atoms with Crippen LogP contribution < -0.4 is 0 Å². The summed E-state index contributed by atoms with van der Waals surface area (Å²) in [7, 11) is 0. The maximum atomic E-state index is 10.0. The molecule has 6 aromatic rings. The fourth-order valence-electron chi connectivity index (χ4n) is 6.99. The third-order valence-corrected chi connectivity index (χ3v) is 9.58. The van der Waals surface area contributed by atoms with Crippen LogP contribution in [0.15, 0.2) is 83.1 Å². The molecular weight excluding hydrogens is 759 g/mol. The minimum absolute atomic E-state index is 0. The van der Waals surface area contributed by atoms with E-state index in [4.69, 9.17) is 14.5 Å². The van der Waals surface area contributed by atoms with Crippen molar-refractivity contribution in [3.8, 4) is 11.3 Å². The number of aliphatic hydroxyl groups is 1. The van der Waals surface area contributed by atoms with Gasteiger partial charge in [0, 0.05) is 48.8 Å². The molecule has 5 heteroatoms. The molecule has 4 nitrogen and oxygen atoms in total. The number of aromatic nitrogens is 1. The number of rotatable bonds is 2. The normalized spacial score (nSPS) is 15.6. The van der Waals surface area contributed by atoms with Gasteiger partial charge < -0.3 is 9.52 Å². The minimum atomic E-state index is -0.125. The number of pyridine rings is 1. The summed E-state index contributed by atoms with van der Waals surface area (Å²) in [5.74, 6) is -0.0625. The third kappa shape index (κ3) is 6.53. The summed E-state index contributed by atoms with van der Waals surface area (Å²) in [6.07, 6.45) is 5.46. The van der Waals surface area contributed by atoms with Gasteiger partial charge in [-0.1, -0.05) is 77.6 Å². The van der Waals surface area contributed by atoms with Gasteiger partial charge in [-0.25, -0.2) is 0 Å². The van der Waals surface area contributed by atoms with Crippen molar-refractivity contribution in [2.75, 3.05) is 0 Å². The predicted octanol–water partition coefficient (Wildman–Crippen LogP) is 11.4. The molecule has 245 valence electrons. The second-order valence-corrected chi connectivity index (χ2v) is 15.3. The average Bonchev–Trinajstić information content (AvgIpc) is 3.32. The van der Waals surface area contributed by atoms with E-state index in [9.17, 15) is 4.79 Å². The molecule has 4 aromatic carbocycles. The van der Waals surface area contributed by atoms with E-state index in [1.54, 1.807) is 0 Å². The monoisotopic (exact) mass is 803 g/mol. The standard InChI is InChI=1S/C37H36NO.C5H8O2.Ir/c1-35(2,3)29-17-24(16-22-10-8-9-11-25(22)29)34-26-19-27-28-20-30-31(37(6,7)14-13-36(30,4)5)21-33(28)39-32(27)18-23(26)12-15-38-34;1-4(6)3-5(2)7;/h8-12,15,17-21H,13-14H2,1-7H3;3,6H,1-2H3;/q-1;;/b;4-3-;. The van der Waals surface area contributed by atoms with Crippen LogP contribution in [0.1, 0.15) is 91.8 Å². The van der Waals surface area contributed by atoms with Gasteiger partial charge in [-0.15, -0.1) is 29.1 Å².